The van der Waals surface area contributed by atoms with E-state index in [4.69, 9.17) is 4.42 Å². The molecule has 1 aromatic heterocycles. The Morgan fingerprint density at radius 3 is 2.65 bits per heavy atom. The van der Waals surface area contributed by atoms with Gasteiger partial charge in [-0.1, -0.05) is 12.1 Å². The highest BCUT2D eigenvalue weighted by Gasteiger charge is 2.22. The molecule has 0 spiro atoms. The van der Waals surface area contributed by atoms with Gasteiger partial charge in [-0.25, -0.2) is 9.37 Å². The van der Waals surface area contributed by atoms with Crippen molar-refractivity contribution in [2.45, 2.75) is 31.7 Å². The molecule has 0 aliphatic carbocycles. The van der Waals surface area contributed by atoms with E-state index < -0.39 is 0 Å². The lowest BCUT2D eigenvalue weighted by molar-refractivity contribution is -0.132. The van der Waals surface area contributed by atoms with Crippen LogP contribution in [0.4, 0.5) is 4.39 Å². The van der Waals surface area contributed by atoms with Crippen molar-refractivity contribution >= 4 is 30.7 Å². The topological polar surface area (TPSA) is 58.4 Å². The molecule has 1 saturated heterocycles. The molecule has 1 aliphatic heterocycles. The fourth-order valence-electron chi connectivity index (χ4n) is 3.00. The maximum atomic E-state index is 13.7. The van der Waals surface area contributed by atoms with E-state index in [9.17, 15) is 9.18 Å². The highest BCUT2D eigenvalue weighted by Crippen LogP contribution is 2.23. The Bertz CT molecular complexity index is 703. The van der Waals surface area contributed by atoms with Crippen LogP contribution in [0.5, 0.6) is 0 Å². The first-order chi connectivity index (χ1) is 11.7. The number of nitrogens with one attached hydrogen (secondary N) is 1. The molecule has 1 amide bonds. The van der Waals surface area contributed by atoms with Gasteiger partial charge < -0.3 is 14.6 Å². The number of benzene rings is 1. The Morgan fingerprint density at radius 1 is 1.31 bits per heavy atom. The van der Waals surface area contributed by atoms with E-state index in [1.807, 2.05) is 11.9 Å². The van der Waals surface area contributed by atoms with Crippen molar-refractivity contribution in [2.75, 3.05) is 20.1 Å². The van der Waals surface area contributed by atoms with Gasteiger partial charge >= 0.3 is 0 Å². The minimum absolute atomic E-state index is 0. The van der Waals surface area contributed by atoms with Gasteiger partial charge in [-0.05, 0) is 32.0 Å². The number of oxazole rings is 1. The zero-order valence-electron chi connectivity index (χ0n) is 14.6. The van der Waals surface area contributed by atoms with Gasteiger partial charge in [-0.15, -0.1) is 24.8 Å². The molecule has 5 nitrogen and oxygen atoms in total. The number of likely N-dealkylation sites (tertiary alicyclic amines) is 1. The molecule has 1 aromatic carbocycles. The van der Waals surface area contributed by atoms with Crippen LogP contribution < -0.4 is 5.32 Å². The SMILES string of the molecule is CNC1CCN(C(=O)CCc2ncc(-c3ccccc3F)o2)CC1.Cl.Cl. The van der Waals surface area contributed by atoms with Crippen molar-refractivity contribution < 1.29 is 13.6 Å². The smallest absolute Gasteiger partial charge is 0.223 e. The van der Waals surface area contributed by atoms with Gasteiger partial charge in [0, 0.05) is 32.0 Å². The minimum Gasteiger partial charge on any atom is -0.441 e. The zero-order valence-corrected chi connectivity index (χ0v) is 16.2. The lowest BCUT2D eigenvalue weighted by Crippen LogP contribution is -2.44. The van der Waals surface area contributed by atoms with E-state index in [1.54, 1.807) is 18.2 Å². The van der Waals surface area contributed by atoms with Crippen LogP contribution in [0.2, 0.25) is 0 Å². The largest absolute Gasteiger partial charge is 0.441 e. The second kappa shape index (κ2) is 10.5. The third kappa shape index (κ3) is 5.43. The zero-order chi connectivity index (χ0) is 16.9. The number of aromatic nitrogens is 1. The molecule has 0 bridgehead atoms. The first-order valence-corrected chi connectivity index (χ1v) is 8.32. The van der Waals surface area contributed by atoms with Gasteiger partial charge in [-0.3, -0.25) is 4.79 Å². The molecule has 0 unspecified atom stereocenters. The first kappa shape index (κ1) is 22.4. The van der Waals surface area contributed by atoms with Crippen molar-refractivity contribution in [3.63, 3.8) is 0 Å². The summed E-state index contributed by atoms with van der Waals surface area (Å²) in [6, 6.07) is 6.92. The van der Waals surface area contributed by atoms with Gasteiger partial charge in [0.1, 0.15) is 5.82 Å². The van der Waals surface area contributed by atoms with Crippen LogP contribution in [-0.2, 0) is 11.2 Å². The third-order valence-electron chi connectivity index (χ3n) is 4.50. The van der Waals surface area contributed by atoms with Crippen molar-refractivity contribution in [1.82, 2.24) is 15.2 Å². The fourth-order valence-corrected chi connectivity index (χ4v) is 3.00. The summed E-state index contributed by atoms with van der Waals surface area (Å²) in [6.07, 6.45) is 4.27. The Balaban J connectivity index is 0.00000169. The predicted molar refractivity (Wildman–Crippen MR) is 103 cm³/mol. The summed E-state index contributed by atoms with van der Waals surface area (Å²) in [4.78, 5) is 18.3. The summed E-state index contributed by atoms with van der Waals surface area (Å²) in [7, 11) is 1.96. The number of nitrogens with zero attached hydrogens (tertiary/aromatic N) is 2. The van der Waals surface area contributed by atoms with Gasteiger partial charge in [-0.2, -0.15) is 0 Å². The average Bonchev–Trinajstić information content (AvgIpc) is 3.09. The van der Waals surface area contributed by atoms with Crippen LogP contribution in [0.3, 0.4) is 0 Å². The average molecular weight is 404 g/mol. The van der Waals surface area contributed by atoms with E-state index in [2.05, 4.69) is 10.3 Å². The van der Waals surface area contributed by atoms with Crippen molar-refractivity contribution in [1.29, 1.82) is 0 Å². The molecular weight excluding hydrogens is 380 g/mol. The van der Waals surface area contributed by atoms with Crippen molar-refractivity contribution in [2.24, 2.45) is 0 Å². The Morgan fingerprint density at radius 2 is 2.00 bits per heavy atom. The van der Waals surface area contributed by atoms with Crippen LogP contribution >= 0.6 is 24.8 Å². The lowest BCUT2D eigenvalue weighted by atomic mass is 10.0. The molecular formula is C18H24Cl2FN3O2. The van der Waals surface area contributed by atoms with Gasteiger partial charge in [0.25, 0.3) is 0 Å². The third-order valence-corrected chi connectivity index (χ3v) is 4.50. The summed E-state index contributed by atoms with van der Waals surface area (Å²) in [5.74, 6) is 0.635. The van der Waals surface area contributed by atoms with Crippen LogP contribution in [0.25, 0.3) is 11.3 Å². The summed E-state index contributed by atoms with van der Waals surface area (Å²) in [6.45, 7) is 1.58. The number of hydrogen-bond acceptors (Lipinski definition) is 4. The summed E-state index contributed by atoms with van der Waals surface area (Å²) < 4.78 is 19.3. The number of halogens is 3. The molecule has 0 radical (unpaired) electrons. The Kier molecular flexibility index (Phi) is 9.05. The van der Waals surface area contributed by atoms with E-state index in [0.29, 0.717) is 36.1 Å². The summed E-state index contributed by atoms with van der Waals surface area (Å²) in [5, 5.41) is 3.25. The number of carbonyl (C=O) groups excluding carboxylic acids is 1. The molecule has 0 atom stereocenters. The van der Waals surface area contributed by atoms with Gasteiger partial charge in [0.05, 0.1) is 11.8 Å². The lowest BCUT2D eigenvalue weighted by Gasteiger charge is -2.31. The van der Waals surface area contributed by atoms with Gasteiger partial charge in [0.15, 0.2) is 11.7 Å². The highest BCUT2D eigenvalue weighted by molar-refractivity contribution is 5.85. The summed E-state index contributed by atoms with van der Waals surface area (Å²) in [5.41, 5.74) is 0.386. The maximum Gasteiger partial charge on any atom is 0.223 e. The Labute approximate surface area is 165 Å². The molecule has 144 valence electrons. The molecule has 1 fully saturated rings. The first-order valence-electron chi connectivity index (χ1n) is 8.32. The molecule has 26 heavy (non-hydrogen) atoms. The Hall–Kier alpha value is -1.63. The quantitative estimate of drug-likeness (QED) is 0.829. The highest BCUT2D eigenvalue weighted by atomic mass is 35.5. The molecule has 8 heteroatoms. The number of carbonyl (C=O) groups is 1. The van der Waals surface area contributed by atoms with Crippen LogP contribution in [0, 0.1) is 5.82 Å². The summed E-state index contributed by atoms with van der Waals surface area (Å²) >= 11 is 0. The molecule has 3 rings (SSSR count). The number of amides is 1. The maximum absolute atomic E-state index is 13.7. The molecule has 1 aliphatic rings. The number of rotatable bonds is 5. The van der Waals surface area contributed by atoms with Gasteiger partial charge in [0.2, 0.25) is 5.91 Å². The van der Waals surface area contributed by atoms with Crippen molar-refractivity contribution in [3.8, 4) is 11.3 Å². The van der Waals surface area contributed by atoms with E-state index in [-0.39, 0.29) is 36.5 Å². The van der Waals surface area contributed by atoms with Crippen molar-refractivity contribution in [3.05, 3.63) is 42.2 Å². The fraction of sp³-hybridized carbons (Fsp3) is 0.444. The van der Waals surface area contributed by atoms with Crippen LogP contribution in [0.1, 0.15) is 25.2 Å². The van der Waals surface area contributed by atoms with E-state index >= 15 is 0 Å². The number of aryl methyl sites for hydroxylation is 1. The normalized spacial score (nSPS) is 14.5. The second-order valence-corrected chi connectivity index (χ2v) is 6.04. The monoisotopic (exact) mass is 403 g/mol. The number of hydrogen-bond donors (Lipinski definition) is 1. The van der Waals surface area contributed by atoms with Crippen LogP contribution in [0.15, 0.2) is 34.9 Å². The van der Waals surface area contributed by atoms with E-state index in [0.717, 1.165) is 25.9 Å². The molecule has 1 N–H and O–H groups in total. The standard InChI is InChI=1S/C18H22FN3O2.2ClH/c1-20-13-8-10-22(11-9-13)18(23)7-6-17-21-12-16(24-17)14-4-2-3-5-15(14)19;;/h2-5,12-13,20H,6-11H2,1H3;2*1H. The van der Waals surface area contributed by atoms with Crippen LogP contribution in [-0.4, -0.2) is 42.0 Å². The molecule has 2 heterocycles. The molecule has 0 saturated carbocycles. The van der Waals surface area contributed by atoms with E-state index in [1.165, 1.54) is 12.3 Å². The second-order valence-electron chi connectivity index (χ2n) is 6.04. The predicted octanol–water partition coefficient (Wildman–Crippen LogP) is 3.47. The molecule has 2 aromatic rings. The number of piperidine rings is 1. The minimum atomic E-state index is -0.344.